The van der Waals surface area contributed by atoms with Gasteiger partial charge in [0.25, 0.3) is 11.5 Å². The molecule has 3 aromatic carbocycles. The van der Waals surface area contributed by atoms with E-state index in [-0.39, 0.29) is 22.3 Å². The first kappa shape index (κ1) is 20.1. The van der Waals surface area contributed by atoms with Crippen LogP contribution in [-0.2, 0) is 0 Å². The molecule has 2 heterocycles. The molecule has 7 heteroatoms. The van der Waals surface area contributed by atoms with E-state index in [0.29, 0.717) is 33.8 Å². The van der Waals surface area contributed by atoms with Gasteiger partial charge < -0.3 is 15.6 Å². The van der Waals surface area contributed by atoms with Gasteiger partial charge in [0, 0.05) is 27.4 Å². The van der Waals surface area contributed by atoms with E-state index in [1.165, 1.54) is 5.56 Å². The number of aromatic nitrogens is 1. The Labute approximate surface area is 187 Å². The van der Waals surface area contributed by atoms with Gasteiger partial charge in [0.2, 0.25) is 0 Å². The summed E-state index contributed by atoms with van der Waals surface area (Å²) in [6, 6.07) is 21.5. The van der Waals surface area contributed by atoms with Crippen LogP contribution in [0.4, 0.5) is 0 Å². The molecule has 3 N–H and O–H groups in total. The first-order valence-corrected chi connectivity index (χ1v) is 11.0. The lowest BCUT2D eigenvalue weighted by molar-refractivity contribution is 0.0958. The highest BCUT2D eigenvalue weighted by molar-refractivity contribution is 8.03. The molecule has 1 amide bonds. The Balaban J connectivity index is 1.36. The van der Waals surface area contributed by atoms with Gasteiger partial charge in [-0.3, -0.25) is 14.4 Å². The zero-order valence-electron chi connectivity index (χ0n) is 16.9. The number of hydrogen-bond donors (Lipinski definition) is 3. The van der Waals surface area contributed by atoms with Crippen molar-refractivity contribution >= 4 is 39.3 Å². The van der Waals surface area contributed by atoms with E-state index in [0.717, 1.165) is 4.91 Å². The highest BCUT2D eigenvalue weighted by Gasteiger charge is 2.19. The Hall–Kier alpha value is -3.84. The molecule has 0 spiro atoms. The van der Waals surface area contributed by atoms with Crippen LogP contribution in [0.3, 0.4) is 0 Å². The molecule has 6 nitrogen and oxygen atoms in total. The number of benzene rings is 3. The first-order valence-electron chi connectivity index (χ1n) is 10.1. The molecule has 1 aromatic heterocycles. The molecule has 0 bridgehead atoms. The van der Waals surface area contributed by atoms with E-state index < -0.39 is 0 Å². The molecule has 0 fully saturated rings. The van der Waals surface area contributed by atoms with Gasteiger partial charge in [-0.1, -0.05) is 60.3 Å². The van der Waals surface area contributed by atoms with Crippen molar-refractivity contribution in [2.24, 2.45) is 0 Å². The molecule has 0 saturated heterocycles. The third-order valence-corrected chi connectivity index (χ3v) is 6.59. The quantitative estimate of drug-likeness (QED) is 0.450. The fraction of sp³-hybridized carbons (Fsp3) is 0.0800. The Kier molecular flexibility index (Phi) is 5.25. The van der Waals surface area contributed by atoms with Gasteiger partial charge in [0.1, 0.15) is 5.37 Å². The number of amides is 1. The average molecular weight is 442 g/mol. The number of thioether (sulfide) groups is 1. The summed E-state index contributed by atoms with van der Waals surface area (Å²) >= 11 is 1.65. The minimum atomic E-state index is -0.365. The van der Waals surface area contributed by atoms with Crippen LogP contribution < -0.4 is 21.6 Å². The summed E-state index contributed by atoms with van der Waals surface area (Å²) in [4.78, 5) is 42.0. The van der Waals surface area contributed by atoms with Crippen molar-refractivity contribution in [1.29, 1.82) is 0 Å². The minimum absolute atomic E-state index is 0.124. The SMILES string of the molecule is O=C(NCC1=CNC(c2ccccc2)S1)c1ccc2c(=O)c3ccccc3c(=O)[nH]c2c1. The number of hydrogen-bond acceptors (Lipinski definition) is 5. The van der Waals surface area contributed by atoms with Crippen molar-refractivity contribution in [3.05, 3.63) is 116 Å². The summed E-state index contributed by atoms with van der Waals surface area (Å²) in [6.45, 7) is 0.383. The average Bonchev–Trinajstić information content (AvgIpc) is 3.28. The Morgan fingerprint density at radius 2 is 1.66 bits per heavy atom. The molecule has 1 atom stereocenters. The highest BCUT2D eigenvalue weighted by Crippen LogP contribution is 2.36. The van der Waals surface area contributed by atoms with Crippen LogP contribution in [0, 0.1) is 0 Å². The fourth-order valence-electron chi connectivity index (χ4n) is 3.74. The van der Waals surface area contributed by atoms with Crippen LogP contribution in [0.15, 0.2) is 93.5 Å². The van der Waals surface area contributed by atoms with E-state index in [1.807, 2.05) is 24.4 Å². The van der Waals surface area contributed by atoms with Crippen LogP contribution in [0.5, 0.6) is 0 Å². The number of fused-ring (bicyclic) bond motifs is 2. The highest BCUT2D eigenvalue weighted by atomic mass is 32.2. The number of nitrogens with one attached hydrogen (secondary N) is 3. The lowest BCUT2D eigenvalue weighted by atomic mass is 10.1. The van der Waals surface area contributed by atoms with Crippen LogP contribution >= 0.6 is 11.8 Å². The molecule has 0 aliphatic carbocycles. The topological polar surface area (TPSA) is 91.1 Å². The van der Waals surface area contributed by atoms with Gasteiger partial charge >= 0.3 is 0 Å². The van der Waals surface area contributed by atoms with Crippen molar-refractivity contribution in [3.63, 3.8) is 0 Å². The summed E-state index contributed by atoms with van der Waals surface area (Å²) in [5, 5.41) is 7.39. The number of carbonyl (C=O) groups is 1. The lowest BCUT2D eigenvalue weighted by Crippen LogP contribution is -2.24. The van der Waals surface area contributed by atoms with E-state index in [1.54, 1.807) is 54.2 Å². The second kappa shape index (κ2) is 8.36. The third kappa shape index (κ3) is 3.78. The summed E-state index contributed by atoms with van der Waals surface area (Å²) in [7, 11) is 0. The van der Waals surface area contributed by atoms with E-state index in [9.17, 15) is 14.4 Å². The van der Waals surface area contributed by atoms with Crippen molar-refractivity contribution in [1.82, 2.24) is 15.6 Å². The lowest BCUT2D eigenvalue weighted by Gasteiger charge is -2.11. The normalized spacial score (nSPS) is 15.4. The van der Waals surface area contributed by atoms with E-state index in [4.69, 9.17) is 0 Å². The maximum absolute atomic E-state index is 12.9. The van der Waals surface area contributed by atoms with Crippen LogP contribution in [0.25, 0.3) is 21.7 Å². The Morgan fingerprint density at radius 3 is 2.47 bits per heavy atom. The number of H-pyrrole nitrogens is 1. The smallest absolute Gasteiger partial charge is 0.256 e. The van der Waals surface area contributed by atoms with E-state index in [2.05, 4.69) is 27.8 Å². The third-order valence-electron chi connectivity index (χ3n) is 5.38. The molecule has 1 aliphatic heterocycles. The number of carbonyl (C=O) groups excluding carboxylic acids is 1. The summed E-state index contributed by atoms with van der Waals surface area (Å²) in [5.74, 6) is -0.277. The molecule has 0 saturated carbocycles. The standard InChI is InChI=1S/C25H19N3O3S/c29-22-18-8-4-5-9-19(18)24(31)28-21-12-16(10-11-20(21)22)23(30)26-13-17-14-27-25(32-17)15-6-2-1-3-7-15/h1-12,14,25,27H,13H2,(H,26,30)(H,28,31). The molecule has 1 aliphatic rings. The van der Waals surface area contributed by atoms with Gasteiger partial charge in [0.05, 0.1) is 17.4 Å². The van der Waals surface area contributed by atoms with Crippen LogP contribution in [0.2, 0.25) is 0 Å². The molecular weight excluding hydrogens is 422 g/mol. The molecule has 0 radical (unpaired) electrons. The summed E-state index contributed by atoms with van der Waals surface area (Å²) < 4.78 is 0. The van der Waals surface area contributed by atoms with Gasteiger partial charge in [-0.25, -0.2) is 0 Å². The van der Waals surface area contributed by atoms with Gasteiger partial charge in [-0.2, -0.15) is 0 Å². The zero-order valence-corrected chi connectivity index (χ0v) is 17.7. The van der Waals surface area contributed by atoms with Crippen LogP contribution in [-0.4, -0.2) is 17.4 Å². The first-order chi connectivity index (χ1) is 15.6. The van der Waals surface area contributed by atoms with E-state index >= 15 is 0 Å². The maximum Gasteiger partial charge on any atom is 0.256 e. The second-order valence-corrected chi connectivity index (χ2v) is 8.69. The molecule has 4 aromatic rings. The Morgan fingerprint density at radius 1 is 0.906 bits per heavy atom. The molecule has 5 rings (SSSR count). The molecular formula is C25H19N3O3S. The molecule has 1 unspecified atom stereocenters. The van der Waals surface area contributed by atoms with Gasteiger partial charge in [-0.15, -0.1) is 0 Å². The van der Waals surface area contributed by atoms with Crippen LogP contribution in [0.1, 0.15) is 21.3 Å². The maximum atomic E-state index is 12.9. The van der Waals surface area contributed by atoms with Crippen molar-refractivity contribution in [2.75, 3.05) is 6.54 Å². The predicted molar refractivity (Wildman–Crippen MR) is 129 cm³/mol. The van der Waals surface area contributed by atoms with Crippen molar-refractivity contribution < 1.29 is 4.79 Å². The van der Waals surface area contributed by atoms with Crippen molar-refractivity contribution in [3.8, 4) is 0 Å². The van der Waals surface area contributed by atoms with Gasteiger partial charge in [0.15, 0.2) is 5.43 Å². The largest absolute Gasteiger partial charge is 0.374 e. The summed E-state index contributed by atoms with van der Waals surface area (Å²) in [6.07, 6.45) is 1.91. The monoisotopic (exact) mass is 441 g/mol. The fourth-order valence-corrected chi connectivity index (χ4v) is 4.77. The van der Waals surface area contributed by atoms with Crippen molar-refractivity contribution in [2.45, 2.75) is 5.37 Å². The molecule has 32 heavy (non-hydrogen) atoms. The second-order valence-electron chi connectivity index (χ2n) is 7.46. The van der Waals surface area contributed by atoms with Gasteiger partial charge in [-0.05, 0) is 29.8 Å². The zero-order chi connectivity index (χ0) is 22.1. The number of rotatable bonds is 4. The molecule has 158 valence electrons. The minimum Gasteiger partial charge on any atom is -0.374 e. The number of aromatic amines is 1. The summed E-state index contributed by atoms with van der Waals surface area (Å²) in [5.41, 5.74) is 1.27. The Bertz CT molecular complexity index is 1500. The predicted octanol–water partition coefficient (Wildman–Crippen LogP) is 3.65.